The van der Waals surface area contributed by atoms with Crippen LogP contribution in [0.25, 0.3) is 0 Å². The fourth-order valence-electron chi connectivity index (χ4n) is 1.93. The highest BCUT2D eigenvalue weighted by Gasteiger charge is 2.13. The highest BCUT2D eigenvalue weighted by molar-refractivity contribution is 7.13. The molecule has 118 valence electrons. The van der Waals surface area contributed by atoms with Gasteiger partial charge in [-0.25, -0.2) is 9.78 Å². The molecule has 2 amide bonds. The standard InChI is InChI=1S/C15H19N3O3S/c1-4-21-12-6-5-11(9-13(12)20-3)10(2)17-14(19)18-15-16-7-8-22-15/h5-10H,4H2,1-3H3,(H2,16,17,18,19)/t10-/m0/s1. The lowest BCUT2D eigenvalue weighted by atomic mass is 10.1. The third-order valence-corrected chi connectivity index (χ3v) is 3.68. The minimum Gasteiger partial charge on any atom is -0.493 e. The number of ether oxygens (including phenoxy) is 2. The number of nitrogens with zero attached hydrogens (tertiary/aromatic N) is 1. The van der Waals surface area contributed by atoms with Crippen LogP contribution in [0.4, 0.5) is 9.93 Å². The molecule has 1 aromatic carbocycles. The Balaban J connectivity index is 2.02. The highest BCUT2D eigenvalue weighted by Crippen LogP contribution is 2.30. The second-order valence-electron chi connectivity index (χ2n) is 4.50. The van der Waals surface area contributed by atoms with Crippen LogP contribution < -0.4 is 20.1 Å². The van der Waals surface area contributed by atoms with Crippen molar-refractivity contribution in [1.82, 2.24) is 10.3 Å². The minimum atomic E-state index is -0.296. The van der Waals surface area contributed by atoms with Crippen LogP contribution in [0.1, 0.15) is 25.5 Å². The molecule has 7 heteroatoms. The monoisotopic (exact) mass is 321 g/mol. The van der Waals surface area contributed by atoms with Gasteiger partial charge in [-0.15, -0.1) is 11.3 Å². The van der Waals surface area contributed by atoms with Crippen molar-refractivity contribution in [3.05, 3.63) is 35.3 Å². The van der Waals surface area contributed by atoms with Crippen LogP contribution in [0.2, 0.25) is 0 Å². The Kier molecular flexibility index (Phi) is 5.60. The number of aromatic nitrogens is 1. The number of thiazole rings is 1. The smallest absolute Gasteiger partial charge is 0.321 e. The molecule has 2 aromatic rings. The number of anilines is 1. The summed E-state index contributed by atoms with van der Waals surface area (Å²) in [5, 5.41) is 7.91. The number of benzene rings is 1. The summed E-state index contributed by atoms with van der Waals surface area (Å²) >= 11 is 1.37. The van der Waals surface area contributed by atoms with Crippen LogP contribution >= 0.6 is 11.3 Å². The van der Waals surface area contributed by atoms with Gasteiger partial charge in [-0.2, -0.15) is 0 Å². The normalized spacial score (nSPS) is 11.6. The lowest BCUT2D eigenvalue weighted by Gasteiger charge is -2.17. The maximum atomic E-state index is 11.9. The summed E-state index contributed by atoms with van der Waals surface area (Å²) in [4.78, 5) is 15.9. The van der Waals surface area contributed by atoms with E-state index in [0.717, 1.165) is 5.56 Å². The van der Waals surface area contributed by atoms with Crippen molar-refractivity contribution in [1.29, 1.82) is 0 Å². The molecular weight excluding hydrogens is 302 g/mol. The van der Waals surface area contributed by atoms with Crippen molar-refractivity contribution in [2.75, 3.05) is 19.0 Å². The fourth-order valence-corrected chi connectivity index (χ4v) is 2.45. The molecule has 0 saturated heterocycles. The summed E-state index contributed by atoms with van der Waals surface area (Å²) in [6, 6.07) is 5.13. The number of hydrogen-bond donors (Lipinski definition) is 2. The van der Waals surface area contributed by atoms with Crippen LogP contribution in [0.5, 0.6) is 11.5 Å². The maximum Gasteiger partial charge on any atom is 0.321 e. The molecule has 0 unspecified atom stereocenters. The zero-order valence-electron chi connectivity index (χ0n) is 12.8. The second kappa shape index (κ2) is 7.65. The Bertz CT molecular complexity index is 617. The summed E-state index contributed by atoms with van der Waals surface area (Å²) in [7, 11) is 1.59. The number of urea groups is 1. The van der Waals surface area contributed by atoms with Crippen molar-refractivity contribution in [2.24, 2.45) is 0 Å². The Morgan fingerprint density at radius 2 is 2.23 bits per heavy atom. The molecule has 0 aliphatic rings. The predicted octanol–water partition coefficient (Wildman–Crippen LogP) is 3.43. The van der Waals surface area contributed by atoms with Crippen LogP contribution in [0.15, 0.2) is 29.8 Å². The van der Waals surface area contributed by atoms with Gasteiger partial charge in [-0.3, -0.25) is 5.32 Å². The predicted molar refractivity (Wildman–Crippen MR) is 86.8 cm³/mol. The first-order valence-corrected chi connectivity index (χ1v) is 7.79. The molecular formula is C15H19N3O3S. The van der Waals surface area contributed by atoms with Gasteiger partial charge in [0, 0.05) is 11.6 Å². The molecule has 1 atom stereocenters. The molecule has 1 heterocycles. The number of methoxy groups -OCH3 is 1. The fraction of sp³-hybridized carbons (Fsp3) is 0.333. The summed E-state index contributed by atoms with van der Waals surface area (Å²) in [6.45, 7) is 4.39. The van der Waals surface area contributed by atoms with Crippen LogP contribution in [-0.2, 0) is 0 Å². The molecule has 6 nitrogen and oxygen atoms in total. The SMILES string of the molecule is CCOc1ccc([C@H](C)NC(=O)Nc2nccs2)cc1OC. The third kappa shape index (κ3) is 4.11. The first-order valence-electron chi connectivity index (χ1n) is 6.91. The average Bonchev–Trinajstić information content (AvgIpc) is 3.00. The van der Waals surface area contributed by atoms with Gasteiger partial charge < -0.3 is 14.8 Å². The first kappa shape index (κ1) is 16.1. The summed E-state index contributed by atoms with van der Waals surface area (Å²) in [5.74, 6) is 1.33. The number of nitrogens with one attached hydrogen (secondary N) is 2. The molecule has 0 radical (unpaired) electrons. The lowest BCUT2D eigenvalue weighted by molar-refractivity contribution is 0.249. The van der Waals surface area contributed by atoms with E-state index >= 15 is 0 Å². The van der Waals surface area contributed by atoms with Crippen LogP contribution in [-0.4, -0.2) is 24.7 Å². The molecule has 0 saturated carbocycles. The molecule has 2 rings (SSSR count). The van der Waals surface area contributed by atoms with Crippen LogP contribution in [0, 0.1) is 0 Å². The van der Waals surface area contributed by atoms with Gasteiger partial charge in [0.05, 0.1) is 19.8 Å². The highest BCUT2D eigenvalue weighted by atomic mass is 32.1. The van der Waals surface area contributed by atoms with Crippen molar-refractivity contribution in [2.45, 2.75) is 19.9 Å². The Morgan fingerprint density at radius 3 is 2.86 bits per heavy atom. The Hall–Kier alpha value is -2.28. The van der Waals surface area contributed by atoms with Gasteiger partial charge in [0.2, 0.25) is 0 Å². The number of hydrogen-bond acceptors (Lipinski definition) is 5. The second-order valence-corrected chi connectivity index (χ2v) is 5.40. The Morgan fingerprint density at radius 1 is 1.41 bits per heavy atom. The van der Waals surface area contributed by atoms with E-state index in [9.17, 15) is 4.79 Å². The van der Waals surface area contributed by atoms with Crippen molar-refractivity contribution in [3.8, 4) is 11.5 Å². The van der Waals surface area contributed by atoms with E-state index in [0.29, 0.717) is 23.2 Å². The number of carbonyl (C=O) groups is 1. The molecule has 22 heavy (non-hydrogen) atoms. The van der Waals surface area contributed by atoms with Crippen molar-refractivity contribution >= 4 is 22.5 Å². The van der Waals surface area contributed by atoms with Gasteiger partial charge >= 0.3 is 6.03 Å². The van der Waals surface area contributed by atoms with E-state index in [4.69, 9.17) is 9.47 Å². The molecule has 0 spiro atoms. The maximum absolute atomic E-state index is 11.9. The molecule has 0 bridgehead atoms. The van der Waals surface area contributed by atoms with Crippen LogP contribution in [0.3, 0.4) is 0 Å². The van der Waals surface area contributed by atoms with E-state index < -0.39 is 0 Å². The lowest BCUT2D eigenvalue weighted by Crippen LogP contribution is -2.31. The minimum absolute atomic E-state index is 0.176. The molecule has 1 aromatic heterocycles. The number of amides is 2. The van der Waals surface area contributed by atoms with E-state index in [2.05, 4.69) is 15.6 Å². The zero-order valence-corrected chi connectivity index (χ0v) is 13.6. The summed E-state index contributed by atoms with van der Waals surface area (Å²) in [5.41, 5.74) is 0.926. The number of carbonyl (C=O) groups excluding carboxylic acids is 1. The van der Waals surface area contributed by atoms with E-state index in [1.807, 2.05) is 32.0 Å². The topological polar surface area (TPSA) is 72.5 Å². The first-order chi connectivity index (χ1) is 10.6. The van der Waals surface area contributed by atoms with Gasteiger partial charge in [-0.05, 0) is 31.5 Å². The Labute approximate surface area is 133 Å². The van der Waals surface area contributed by atoms with E-state index in [-0.39, 0.29) is 12.1 Å². The molecule has 0 aliphatic heterocycles. The third-order valence-electron chi connectivity index (χ3n) is 2.99. The molecule has 0 fully saturated rings. The van der Waals surface area contributed by atoms with E-state index in [1.165, 1.54) is 11.3 Å². The summed E-state index contributed by atoms with van der Waals surface area (Å²) < 4.78 is 10.8. The largest absolute Gasteiger partial charge is 0.493 e. The van der Waals surface area contributed by atoms with Gasteiger partial charge in [0.1, 0.15) is 0 Å². The summed E-state index contributed by atoms with van der Waals surface area (Å²) in [6.07, 6.45) is 1.64. The van der Waals surface area contributed by atoms with Gasteiger partial charge in [0.15, 0.2) is 16.6 Å². The van der Waals surface area contributed by atoms with Crippen molar-refractivity contribution in [3.63, 3.8) is 0 Å². The number of rotatable bonds is 6. The quantitative estimate of drug-likeness (QED) is 0.855. The van der Waals surface area contributed by atoms with E-state index in [1.54, 1.807) is 18.7 Å². The zero-order chi connectivity index (χ0) is 15.9. The molecule has 0 aliphatic carbocycles. The average molecular weight is 321 g/mol. The van der Waals surface area contributed by atoms with Gasteiger partial charge in [0.25, 0.3) is 0 Å². The van der Waals surface area contributed by atoms with Crippen molar-refractivity contribution < 1.29 is 14.3 Å². The molecule has 2 N–H and O–H groups in total. The van der Waals surface area contributed by atoms with Gasteiger partial charge in [-0.1, -0.05) is 6.07 Å².